The van der Waals surface area contributed by atoms with Crippen molar-refractivity contribution in [1.82, 2.24) is 21.7 Å². The molecule has 9 rings (SSSR count). The number of fused-ring (bicyclic) bond motifs is 8. The van der Waals surface area contributed by atoms with Crippen LogP contribution < -0.4 is 51.3 Å². The number of nitrogens with one attached hydrogen (secondary N) is 6. The molecule has 6 N–H and O–H groups in total. The molecule has 500 valence electrons. The molecule has 1 aliphatic rings. The monoisotopic (exact) mass is 1370 g/mol. The van der Waals surface area contributed by atoms with E-state index in [2.05, 4.69) is 164 Å². The van der Waals surface area contributed by atoms with E-state index in [-0.39, 0.29) is 36.0 Å². The van der Waals surface area contributed by atoms with Gasteiger partial charge < -0.3 is 29.6 Å². The van der Waals surface area contributed by atoms with Crippen LogP contribution in [0.5, 0.6) is 23.0 Å². The Balaban J connectivity index is 1.24. The molecule has 0 radical (unpaired) electrons. The number of carbonyl (C=O) groups is 4. The molecule has 0 saturated heterocycles. The topological polar surface area (TPSA) is 264 Å². The lowest BCUT2D eigenvalue weighted by molar-refractivity contribution is -0.385. The fraction of sp³-hybridized carbons (Fsp3) is 0.278. The molecule has 24 heteroatoms. The third-order valence-corrected chi connectivity index (χ3v) is 19.1. The minimum atomic E-state index is -0.804. The maximum atomic E-state index is 14.1. The molecule has 8 aromatic rings. The Labute approximate surface area is 575 Å². The summed E-state index contributed by atoms with van der Waals surface area (Å²) in [6.45, 7) is 24.8. The van der Waals surface area contributed by atoms with Gasteiger partial charge in [0.25, 0.3) is 23.2 Å². The van der Waals surface area contributed by atoms with Crippen LogP contribution in [0.2, 0.25) is 0 Å². The van der Waals surface area contributed by atoms with Gasteiger partial charge in [0, 0.05) is 35.6 Å². The fourth-order valence-electron chi connectivity index (χ4n) is 9.41. The van der Waals surface area contributed by atoms with Crippen molar-refractivity contribution >= 4 is 93.7 Å². The number of benzene rings is 8. The van der Waals surface area contributed by atoms with E-state index in [4.69, 9.17) is 18.9 Å². The number of carbonyl (C=O) groups excluding carboxylic acids is 4. The van der Waals surface area contributed by atoms with Crippen LogP contribution in [-0.4, -0.2) is 46.9 Å². The van der Waals surface area contributed by atoms with Crippen molar-refractivity contribution in [2.24, 2.45) is 0 Å². The van der Waals surface area contributed by atoms with Crippen molar-refractivity contribution in [2.75, 3.05) is 23.8 Å². The lowest BCUT2D eigenvalue weighted by Gasteiger charge is -2.28. The van der Waals surface area contributed by atoms with Gasteiger partial charge in [-0.05, 0) is 128 Å². The highest BCUT2D eigenvalue weighted by molar-refractivity contribution is 8.01. The Kier molecular flexibility index (Phi) is 22.3. The largest absolute Gasteiger partial charge is 0.487 e. The standard InChI is InChI=1S/C72H76N8O12S4/c1-69(2,3)45-31-53-63(89-39-43-19-15-13-16-20-43)54(32-45)94-58-36-48(72(10,11)12)38-60(66(58)92-42-62(82)76-78-68(84)74-50-25-29-52(30-26-50)80(87)88)96-56-34-46(70(4,5)6)33-55(64(56)90-40-44-21-17-14-18-22-44)95-59-37-47(71(7,8)9)35-57(93-53)65(59)91-41-61(81)75-77-67(83)73-49-23-27-51(28-24-49)79(85)86/h13-38H,39-42H2,1-12H3,(H,75,81)(H,76,82)(H2,73,77,83)(H2,74,78,84). The molecule has 0 fully saturated rings. The van der Waals surface area contributed by atoms with Gasteiger partial charge in [0.05, 0.1) is 49.0 Å². The number of nitro groups is 2. The third-order valence-electron chi connectivity index (χ3n) is 14.9. The summed E-state index contributed by atoms with van der Waals surface area (Å²) in [5.41, 5.74) is 13.7. The van der Waals surface area contributed by atoms with Gasteiger partial charge in [-0.1, -0.05) is 191 Å². The number of hydrazine groups is 2. The number of non-ortho nitro benzene ring substituents is 2. The Hall–Kier alpha value is -9.36. The first-order chi connectivity index (χ1) is 45.3. The van der Waals surface area contributed by atoms with Crippen LogP contribution in [0.25, 0.3) is 0 Å². The highest BCUT2D eigenvalue weighted by Gasteiger charge is 2.32. The molecule has 0 unspecified atom stereocenters. The fourth-order valence-corrected chi connectivity index (χ4v) is 14.2. The summed E-state index contributed by atoms with van der Waals surface area (Å²) in [5.74, 6) is 0.367. The van der Waals surface area contributed by atoms with E-state index in [9.17, 15) is 39.4 Å². The summed E-state index contributed by atoms with van der Waals surface area (Å²) in [6, 6.07) is 45.3. The van der Waals surface area contributed by atoms with Crippen molar-refractivity contribution in [3.63, 3.8) is 0 Å². The number of urea groups is 2. The van der Waals surface area contributed by atoms with Crippen LogP contribution in [0.3, 0.4) is 0 Å². The Morgan fingerprint density at radius 2 is 0.615 bits per heavy atom. The molecule has 0 aliphatic carbocycles. The van der Waals surface area contributed by atoms with Crippen molar-refractivity contribution < 1.29 is 48.0 Å². The zero-order chi connectivity index (χ0) is 69.3. The molecule has 8 aromatic carbocycles. The lowest BCUT2D eigenvalue weighted by Crippen LogP contribution is -2.45. The van der Waals surface area contributed by atoms with Crippen LogP contribution in [-0.2, 0) is 44.5 Å². The summed E-state index contributed by atoms with van der Waals surface area (Å²) in [6.07, 6.45) is 0. The summed E-state index contributed by atoms with van der Waals surface area (Å²) < 4.78 is 27.9. The first kappa shape index (κ1) is 70.9. The summed E-state index contributed by atoms with van der Waals surface area (Å²) in [7, 11) is 0. The van der Waals surface area contributed by atoms with Crippen LogP contribution in [0.1, 0.15) is 116 Å². The Morgan fingerprint density at radius 3 is 0.854 bits per heavy atom. The maximum absolute atomic E-state index is 14.1. The second-order valence-corrected chi connectivity index (χ2v) is 30.9. The first-order valence-corrected chi connectivity index (χ1v) is 33.9. The zero-order valence-electron chi connectivity index (χ0n) is 55.3. The van der Waals surface area contributed by atoms with E-state index in [1.54, 1.807) is 0 Å². The minimum absolute atomic E-state index is 0.155. The third kappa shape index (κ3) is 19.0. The normalized spacial score (nSPS) is 12.3. The number of nitro benzene ring substituents is 2. The molecule has 96 heavy (non-hydrogen) atoms. The minimum Gasteiger partial charge on any atom is -0.487 e. The molecular formula is C72H76N8O12S4. The zero-order valence-corrected chi connectivity index (χ0v) is 58.5. The molecule has 0 atom stereocenters. The average Bonchev–Trinajstić information content (AvgIpc) is 0.783. The Bertz CT molecular complexity index is 3840. The van der Waals surface area contributed by atoms with E-state index in [1.165, 1.54) is 95.6 Å². The number of hydrogen-bond acceptors (Lipinski definition) is 16. The van der Waals surface area contributed by atoms with Crippen molar-refractivity contribution in [2.45, 2.75) is 157 Å². The van der Waals surface area contributed by atoms with E-state index in [1.807, 2.05) is 60.7 Å². The van der Waals surface area contributed by atoms with Crippen LogP contribution in [0.15, 0.2) is 197 Å². The lowest BCUT2D eigenvalue weighted by atomic mass is 9.87. The quantitative estimate of drug-likeness (QED) is 0.0388. The number of rotatable bonds is 16. The molecule has 20 nitrogen and oxygen atoms in total. The van der Waals surface area contributed by atoms with Crippen molar-refractivity contribution in [3.8, 4) is 23.0 Å². The van der Waals surface area contributed by atoms with Gasteiger partial charge in [0.2, 0.25) is 0 Å². The number of amides is 6. The van der Waals surface area contributed by atoms with Gasteiger partial charge in [-0.15, -0.1) is 0 Å². The van der Waals surface area contributed by atoms with Crippen LogP contribution in [0.4, 0.5) is 32.3 Å². The predicted molar refractivity (Wildman–Crippen MR) is 376 cm³/mol. The summed E-state index contributed by atoms with van der Waals surface area (Å²) >= 11 is 5.65. The smallest absolute Gasteiger partial charge is 0.337 e. The first-order valence-electron chi connectivity index (χ1n) is 30.6. The van der Waals surface area contributed by atoms with Gasteiger partial charge in [-0.2, -0.15) is 0 Å². The van der Waals surface area contributed by atoms with E-state index < -0.39 is 68.6 Å². The van der Waals surface area contributed by atoms with E-state index >= 15 is 0 Å². The number of hydrogen-bond donors (Lipinski definition) is 6. The number of ether oxygens (including phenoxy) is 4. The second kappa shape index (κ2) is 30.2. The van der Waals surface area contributed by atoms with Gasteiger partial charge >= 0.3 is 12.1 Å². The SMILES string of the molecule is CC(C)(C)c1cc2c(OCC(=O)NNC(=O)Nc3ccc([N+](=O)[O-])cc3)c(c1)Sc1cc(C(C)(C)C)cc(c1OCc1ccccc1)Sc1cc(C(C)(C)C)cc(c1OCC(=O)NNC(=O)Nc1ccc([N+](=O)[O-])cc1)Sc1cc(C(C)(C)C)cc(c1OCc1ccccc1)S2. The van der Waals surface area contributed by atoms with E-state index in [0.717, 1.165) is 33.4 Å². The van der Waals surface area contributed by atoms with Gasteiger partial charge in [-0.25, -0.2) is 20.4 Å². The molecule has 8 bridgehead atoms. The maximum Gasteiger partial charge on any atom is 0.337 e. The molecule has 6 amide bonds. The van der Waals surface area contributed by atoms with Crippen LogP contribution >= 0.6 is 47.0 Å². The second-order valence-electron chi connectivity index (χ2n) is 26.6. The van der Waals surface area contributed by atoms with Gasteiger partial charge in [0.1, 0.15) is 36.2 Å². The van der Waals surface area contributed by atoms with Gasteiger partial charge in [0.15, 0.2) is 13.2 Å². The Morgan fingerprint density at radius 1 is 0.365 bits per heavy atom. The molecule has 1 aliphatic heterocycles. The molecule has 0 aromatic heterocycles. The summed E-state index contributed by atoms with van der Waals surface area (Å²) in [5, 5.41) is 27.7. The van der Waals surface area contributed by atoms with Crippen molar-refractivity contribution in [1.29, 1.82) is 0 Å². The molecule has 1 heterocycles. The van der Waals surface area contributed by atoms with Crippen molar-refractivity contribution in [3.05, 3.63) is 211 Å². The number of nitrogens with zero attached hydrogens (tertiary/aromatic N) is 2. The van der Waals surface area contributed by atoms with E-state index in [0.29, 0.717) is 62.2 Å². The molecular weight excluding hydrogens is 1300 g/mol. The molecule has 0 saturated carbocycles. The molecule has 0 spiro atoms. The predicted octanol–water partition coefficient (Wildman–Crippen LogP) is 17.2. The van der Waals surface area contributed by atoms with Crippen LogP contribution in [0, 0.1) is 20.2 Å². The highest BCUT2D eigenvalue weighted by atomic mass is 32.2. The number of anilines is 2. The van der Waals surface area contributed by atoms with Gasteiger partial charge in [-0.3, -0.25) is 40.7 Å². The average molecular weight is 1370 g/mol. The highest BCUT2D eigenvalue weighted by Crippen LogP contribution is 2.57. The summed E-state index contributed by atoms with van der Waals surface area (Å²) in [4.78, 5) is 81.3.